The summed E-state index contributed by atoms with van der Waals surface area (Å²) in [5.41, 5.74) is 0.538. The first kappa shape index (κ1) is 16.6. The van der Waals surface area contributed by atoms with E-state index in [2.05, 4.69) is 5.32 Å². The largest absolute Gasteiger partial charge is 0.455 e. The molecule has 0 unspecified atom stereocenters. The van der Waals surface area contributed by atoms with E-state index in [1.807, 2.05) is 0 Å². The van der Waals surface area contributed by atoms with Gasteiger partial charge in [-0.05, 0) is 80.9 Å². The minimum Gasteiger partial charge on any atom is -0.455 e. The molecule has 4 aliphatic rings. The molecule has 0 aromatic heterocycles. The summed E-state index contributed by atoms with van der Waals surface area (Å²) < 4.78 is 18.9. The van der Waals surface area contributed by atoms with E-state index in [4.69, 9.17) is 4.74 Å². The normalized spacial score (nSPS) is 32.5. The third-order valence-electron chi connectivity index (χ3n) is 6.26. The quantitative estimate of drug-likeness (QED) is 0.844. The van der Waals surface area contributed by atoms with Crippen LogP contribution in [0.1, 0.15) is 44.1 Å². The van der Waals surface area contributed by atoms with E-state index in [9.17, 15) is 14.0 Å². The fourth-order valence-electron chi connectivity index (χ4n) is 5.51. The van der Waals surface area contributed by atoms with Crippen molar-refractivity contribution in [2.75, 3.05) is 11.9 Å². The van der Waals surface area contributed by atoms with Gasteiger partial charge in [-0.25, -0.2) is 4.39 Å². The number of benzene rings is 1. The molecule has 25 heavy (non-hydrogen) atoms. The maximum Gasteiger partial charge on any atom is 0.312 e. The van der Waals surface area contributed by atoms with Crippen LogP contribution in [0, 0.1) is 35.9 Å². The van der Waals surface area contributed by atoms with Crippen LogP contribution < -0.4 is 5.32 Å². The number of hydrogen-bond donors (Lipinski definition) is 1. The van der Waals surface area contributed by atoms with E-state index in [1.165, 1.54) is 25.3 Å². The molecule has 0 radical (unpaired) electrons. The second-order valence-electron chi connectivity index (χ2n) is 8.29. The molecular weight excluding hydrogens is 321 g/mol. The van der Waals surface area contributed by atoms with Crippen LogP contribution in [0.3, 0.4) is 0 Å². The maximum absolute atomic E-state index is 13.5. The first-order valence-electron chi connectivity index (χ1n) is 9.17. The molecule has 4 saturated carbocycles. The maximum atomic E-state index is 13.5. The molecule has 4 nitrogen and oxygen atoms in total. The highest BCUT2D eigenvalue weighted by molar-refractivity contribution is 5.93. The molecule has 0 spiro atoms. The molecule has 0 saturated heterocycles. The van der Waals surface area contributed by atoms with Gasteiger partial charge in [0.25, 0.3) is 5.91 Å². The van der Waals surface area contributed by atoms with E-state index in [0.717, 1.165) is 19.3 Å². The number of nitrogens with one attached hydrogen (secondary N) is 1. The molecule has 5 heteroatoms. The van der Waals surface area contributed by atoms with Crippen molar-refractivity contribution in [3.8, 4) is 0 Å². The van der Waals surface area contributed by atoms with Crippen molar-refractivity contribution in [1.82, 2.24) is 0 Å². The topological polar surface area (TPSA) is 55.4 Å². The Kier molecular flexibility index (Phi) is 4.05. The summed E-state index contributed by atoms with van der Waals surface area (Å²) in [6, 6.07) is 4.51. The molecule has 4 fully saturated rings. The number of amides is 1. The third kappa shape index (κ3) is 3.16. The molecule has 1 N–H and O–H groups in total. The van der Waals surface area contributed by atoms with Crippen molar-refractivity contribution in [2.24, 2.45) is 23.2 Å². The number of aryl methyl sites for hydroxylation is 1. The van der Waals surface area contributed by atoms with Gasteiger partial charge < -0.3 is 10.1 Å². The Morgan fingerprint density at radius 3 is 2.32 bits per heavy atom. The van der Waals surface area contributed by atoms with Crippen LogP contribution in [0.5, 0.6) is 0 Å². The average Bonchev–Trinajstić information content (AvgIpc) is 2.55. The Morgan fingerprint density at radius 1 is 1.16 bits per heavy atom. The lowest BCUT2D eigenvalue weighted by Crippen LogP contribution is -2.50. The molecule has 4 bridgehead atoms. The lowest BCUT2D eigenvalue weighted by atomic mass is 9.49. The van der Waals surface area contributed by atoms with E-state index in [-0.39, 0.29) is 23.8 Å². The number of carbonyl (C=O) groups excluding carboxylic acids is 2. The van der Waals surface area contributed by atoms with Gasteiger partial charge in [0.15, 0.2) is 6.61 Å². The number of carbonyl (C=O) groups is 2. The molecule has 5 rings (SSSR count). The molecular formula is C20H24FNO3. The second kappa shape index (κ2) is 6.11. The lowest BCUT2D eigenvalue weighted by Gasteiger charge is -2.55. The van der Waals surface area contributed by atoms with Crippen LogP contribution >= 0.6 is 0 Å². The standard InChI is InChI=1S/C20H24FNO3/c1-12-2-3-16(7-17(12)21)22-18(23)11-25-19(24)20-8-13-4-14(9-20)6-15(5-13)10-20/h2-3,7,13-15H,4-6,8-11H2,1H3,(H,22,23). The molecule has 0 atom stereocenters. The summed E-state index contributed by atoms with van der Waals surface area (Å²) in [6.45, 7) is 1.35. The molecule has 134 valence electrons. The van der Waals surface area contributed by atoms with E-state index in [1.54, 1.807) is 19.1 Å². The van der Waals surface area contributed by atoms with Gasteiger partial charge in [0, 0.05) is 5.69 Å². The smallest absolute Gasteiger partial charge is 0.312 e. The van der Waals surface area contributed by atoms with Crippen molar-refractivity contribution in [3.05, 3.63) is 29.6 Å². The number of ether oxygens (including phenoxy) is 1. The van der Waals surface area contributed by atoms with Crippen molar-refractivity contribution >= 4 is 17.6 Å². The number of rotatable bonds is 4. The first-order valence-corrected chi connectivity index (χ1v) is 9.17. The monoisotopic (exact) mass is 345 g/mol. The van der Waals surface area contributed by atoms with Crippen LogP contribution in [0.4, 0.5) is 10.1 Å². The van der Waals surface area contributed by atoms with Crippen molar-refractivity contribution < 1.29 is 18.7 Å². The Labute approximate surface area is 147 Å². The van der Waals surface area contributed by atoms with Gasteiger partial charge in [0.05, 0.1) is 5.41 Å². The predicted octanol–water partition coefficient (Wildman–Crippen LogP) is 3.83. The van der Waals surface area contributed by atoms with Crippen molar-refractivity contribution in [3.63, 3.8) is 0 Å². The summed E-state index contributed by atoms with van der Waals surface area (Å²) in [6.07, 6.45) is 6.53. The van der Waals surface area contributed by atoms with Crippen LogP contribution in [0.25, 0.3) is 0 Å². The fraction of sp³-hybridized carbons (Fsp3) is 0.600. The van der Waals surface area contributed by atoms with E-state index >= 15 is 0 Å². The van der Waals surface area contributed by atoms with E-state index < -0.39 is 5.91 Å². The third-order valence-corrected chi connectivity index (χ3v) is 6.26. The van der Waals surface area contributed by atoms with E-state index in [0.29, 0.717) is 29.0 Å². The molecule has 1 amide bonds. The first-order chi connectivity index (χ1) is 11.9. The van der Waals surface area contributed by atoms with Gasteiger partial charge in [0.1, 0.15) is 5.82 Å². The SMILES string of the molecule is Cc1ccc(NC(=O)COC(=O)C23CC4CC(CC(C4)C2)C3)cc1F. The molecule has 1 aromatic carbocycles. The summed E-state index contributed by atoms with van der Waals surface area (Å²) >= 11 is 0. The molecule has 4 aliphatic carbocycles. The van der Waals surface area contributed by atoms with Crippen molar-refractivity contribution in [2.45, 2.75) is 45.4 Å². The molecule has 1 aromatic rings. The highest BCUT2D eigenvalue weighted by Gasteiger charge is 2.55. The zero-order chi connectivity index (χ0) is 17.6. The number of esters is 1. The Hall–Kier alpha value is -1.91. The van der Waals surface area contributed by atoms with Gasteiger partial charge >= 0.3 is 5.97 Å². The number of hydrogen-bond acceptors (Lipinski definition) is 3. The van der Waals surface area contributed by atoms with Crippen LogP contribution in [0.15, 0.2) is 18.2 Å². The second-order valence-corrected chi connectivity index (χ2v) is 8.29. The van der Waals surface area contributed by atoms with Crippen LogP contribution in [0.2, 0.25) is 0 Å². The van der Waals surface area contributed by atoms with Gasteiger partial charge in [0.2, 0.25) is 0 Å². The number of halogens is 1. The predicted molar refractivity (Wildman–Crippen MR) is 91.3 cm³/mol. The van der Waals surface area contributed by atoms with Gasteiger partial charge in [-0.1, -0.05) is 6.07 Å². The molecule has 0 aliphatic heterocycles. The Bertz CT molecular complexity index is 680. The lowest BCUT2D eigenvalue weighted by molar-refractivity contribution is -0.172. The van der Waals surface area contributed by atoms with Gasteiger partial charge in [-0.15, -0.1) is 0 Å². The zero-order valence-electron chi connectivity index (χ0n) is 14.5. The van der Waals surface area contributed by atoms with Crippen LogP contribution in [-0.2, 0) is 14.3 Å². The summed E-state index contributed by atoms with van der Waals surface area (Å²) in [7, 11) is 0. The number of anilines is 1. The Balaban J connectivity index is 1.34. The minimum absolute atomic E-state index is 0.211. The average molecular weight is 345 g/mol. The highest BCUT2D eigenvalue weighted by Crippen LogP contribution is 2.60. The molecule has 0 heterocycles. The van der Waals surface area contributed by atoms with Gasteiger partial charge in [-0.3, -0.25) is 9.59 Å². The zero-order valence-corrected chi connectivity index (χ0v) is 14.5. The van der Waals surface area contributed by atoms with Crippen molar-refractivity contribution in [1.29, 1.82) is 0 Å². The van der Waals surface area contributed by atoms with Gasteiger partial charge in [-0.2, -0.15) is 0 Å². The fourth-order valence-corrected chi connectivity index (χ4v) is 5.51. The summed E-state index contributed by atoms with van der Waals surface area (Å²) in [5, 5.41) is 2.58. The summed E-state index contributed by atoms with van der Waals surface area (Å²) in [4.78, 5) is 24.7. The minimum atomic E-state index is -0.429. The Morgan fingerprint density at radius 2 is 1.76 bits per heavy atom. The van der Waals surface area contributed by atoms with Crippen LogP contribution in [-0.4, -0.2) is 18.5 Å². The highest BCUT2D eigenvalue weighted by atomic mass is 19.1. The summed E-state index contributed by atoms with van der Waals surface area (Å²) in [5.74, 6) is 0.955.